The number of sulfonamides is 1. The lowest BCUT2D eigenvalue weighted by molar-refractivity contribution is 0.102. The maximum absolute atomic E-state index is 14.3. The lowest BCUT2D eigenvalue weighted by atomic mass is 9.87. The highest BCUT2D eigenvalue weighted by Gasteiger charge is 2.27. The topological polar surface area (TPSA) is 75.3 Å². The molecule has 2 atom stereocenters. The van der Waals surface area contributed by atoms with Crippen LogP contribution in [0.15, 0.2) is 41.3 Å². The van der Waals surface area contributed by atoms with Crippen LogP contribution in [0, 0.1) is 25.6 Å². The zero-order chi connectivity index (χ0) is 21.2. The summed E-state index contributed by atoms with van der Waals surface area (Å²) in [5.74, 6) is -1.21. The molecule has 0 heterocycles. The van der Waals surface area contributed by atoms with Crippen molar-refractivity contribution in [2.75, 3.05) is 5.32 Å². The average Bonchev–Trinajstić information content (AvgIpc) is 2.67. The molecule has 2 aromatic rings. The van der Waals surface area contributed by atoms with Crippen molar-refractivity contribution < 1.29 is 17.6 Å². The van der Waals surface area contributed by atoms with Crippen LogP contribution < -0.4 is 10.0 Å². The maximum Gasteiger partial charge on any atom is 0.258 e. The Hall–Kier alpha value is -2.25. The molecule has 0 aromatic heterocycles. The first kappa shape index (κ1) is 21.5. The van der Waals surface area contributed by atoms with Crippen LogP contribution >= 0.6 is 0 Å². The Bertz CT molecular complexity index is 1020. The summed E-state index contributed by atoms with van der Waals surface area (Å²) in [6, 6.07) is 8.61. The van der Waals surface area contributed by atoms with Crippen LogP contribution in [0.5, 0.6) is 0 Å². The van der Waals surface area contributed by atoms with Crippen LogP contribution in [0.25, 0.3) is 0 Å². The van der Waals surface area contributed by atoms with E-state index in [2.05, 4.69) is 10.0 Å². The number of anilines is 1. The normalized spacial score (nSPS) is 19.7. The number of benzene rings is 2. The predicted octanol–water partition coefficient (Wildman–Crippen LogP) is 4.55. The second-order valence-corrected chi connectivity index (χ2v) is 9.55. The van der Waals surface area contributed by atoms with E-state index in [1.807, 2.05) is 26.8 Å². The van der Waals surface area contributed by atoms with Crippen LogP contribution in [0.2, 0.25) is 0 Å². The molecule has 0 bridgehead atoms. The summed E-state index contributed by atoms with van der Waals surface area (Å²) in [6.45, 7) is 5.80. The highest BCUT2D eigenvalue weighted by atomic mass is 32.2. The molecule has 2 aromatic carbocycles. The molecule has 0 aliphatic heterocycles. The highest BCUT2D eigenvalue weighted by molar-refractivity contribution is 7.89. The molecule has 0 spiro atoms. The molecule has 7 heteroatoms. The number of halogens is 1. The Morgan fingerprint density at radius 1 is 1.10 bits per heavy atom. The zero-order valence-electron chi connectivity index (χ0n) is 17.0. The van der Waals surface area contributed by atoms with E-state index < -0.39 is 21.7 Å². The van der Waals surface area contributed by atoms with Gasteiger partial charge in [-0.25, -0.2) is 17.5 Å². The van der Waals surface area contributed by atoms with Crippen molar-refractivity contribution in [2.24, 2.45) is 5.92 Å². The largest absolute Gasteiger partial charge is 0.322 e. The quantitative estimate of drug-likeness (QED) is 0.748. The summed E-state index contributed by atoms with van der Waals surface area (Å²) in [4.78, 5) is 12.5. The summed E-state index contributed by atoms with van der Waals surface area (Å²) >= 11 is 0. The van der Waals surface area contributed by atoms with Crippen molar-refractivity contribution in [2.45, 2.75) is 57.4 Å². The Balaban J connectivity index is 1.85. The number of aryl methyl sites for hydroxylation is 1. The number of hydrogen-bond donors (Lipinski definition) is 2. The van der Waals surface area contributed by atoms with Gasteiger partial charge in [0.2, 0.25) is 10.0 Å². The van der Waals surface area contributed by atoms with Crippen molar-refractivity contribution >= 4 is 21.6 Å². The van der Waals surface area contributed by atoms with Gasteiger partial charge in [-0.15, -0.1) is 0 Å². The van der Waals surface area contributed by atoms with Crippen molar-refractivity contribution in [1.29, 1.82) is 0 Å². The Morgan fingerprint density at radius 2 is 1.83 bits per heavy atom. The molecule has 0 radical (unpaired) electrons. The standard InChI is InChI=1S/C22H27FN2O3S/c1-14-8-6-10-21(16(14)3)24-22(26)18-13-17(11-12-19(18)23)29(27,28)25-20-9-5-4-7-15(20)2/h6,8,10-13,15,20,25H,4-5,7,9H2,1-3H3,(H,24,26)/t15-,20-/m1/s1. The number of carbonyl (C=O) groups excluding carboxylic acids is 1. The summed E-state index contributed by atoms with van der Waals surface area (Å²) in [5.41, 5.74) is 2.13. The van der Waals surface area contributed by atoms with Gasteiger partial charge in [0.1, 0.15) is 5.82 Å². The Kier molecular flexibility index (Phi) is 6.39. The van der Waals surface area contributed by atoms with Gasteiger partial charge in [-0.05, 0) is 68.0 Å². The van der Waals surface area contributed by atoms with E-state index in [1.54, 1.807) is 12.1 Å². The van der Waals surface area contributed by atoms with E-state index in [-0.39, 0.29) is 22.4 Å². The molecule has 1 aliphatic rings. The van der Waals surface area contributed by atoms with Gasteiger partial charge in [0.25, 0.3) is 5.91 Å². The van der Waals surface area contributed by atoms with Gasteiger partial charge in [0.05, 0.1) is 10.5 Å². The molecule has 3 rings (SSSR count). The first-order chi connectivity index (χ1) is 13.7. The van der Waals surface area contributed by atoms with Crippen LogP contribution in [0.3, 0.4) is 0 Å². The zero-order valence-corrected chi connectivity index (χ0v) is 17.8. The number of rotatable bonds is 5. The van der Waals surface area contributed by atoms with Gasteiger partial charge in [-0.3, -0.25) is 4.79 Å². The highest BCUT2D eigenvalue weighted by Crippen LogP contribution is 2.26. The molecular weight excluding hydrogens is 391 g/mol. The molecule has 0 saturated heterocycles. The van der Waals surface area contributed by atoms with Crippen LogP contribution in [-0.4, -0.2) is 20.4 Å². The molecule has 1 saturated carbocycles. The van der Waals surface area contributed by atoms with Crippen molar-refractivity contribution in [3.63, 3.8) is 0 Å². The van der Waals surface area contributed by atoms with E-state index in [9.17, 15) is 17.6 Å². The minimum atomic E-state index is -3.85. The minimum Gasteiger partial charge on any atom is -0.322 e. The fourth-order valence-electron chi connectivity index (χ4n) is 3.68. The summed E-state index contributed by atoms with van der Waals surface area (Å²) in [5, 5.41) is 2.68. The molecule has 1 fully saturated rings. The van der Waals surface area contributed by atoms with Gasteiger partial charge in [0, 0.05) is 11.7 Å². The Morgan fingerprint density at radius 3 is 2.55 bits per heavy atom. The third kappa shape index (κ3) is 4.85. The van der Waals surface area contributed by atoms with Crippen molar-refractivity contribution in [1.82, 2.24) is 4.72 Å². The monoisotopic (exact) mass is 418 g/mol. The van der Waals surface area contributed by atoms with Crippen LogP contribution in [0.1, 0.15) is 54.1 Å². The lowest BCUT2D eigenvalue weighted by Crippen LogP contribution is -2.41. The van der Waals surface area contributed by atoms with Gasteiger partial charge in [0.15, 0.2) is 0 Å². The van der Waals surface area contributed by atoms with Gasteiger partial charge < -0.3 is 5.32 Å². The molecular formula is C22H27FN2O3S. The van der Waals surface area contributed by atoms with E-state index in [0.717, 1.165) is 48.9 Å². The number of amides is 1. The minimum absolute atomic E-state index is 0.109. The molecule has 156 valence electrons. The van der Waals surface area contributed by atoms with E-state index in [0.29, 0.717) is 5.69 Å². The third-order valence-electron chi connectivity index (χ3n) is 5.76. The molecule has 0 unspecified atom stereocenters. The summed E-state index contributed by atoms with van der Waals surface area (Å²) in [7, 11) is -3.85. The number of carbonyl (C=O) groups is 1. The maximum atomic E-state index is 14.3. The first-order valence-corrected chi connectivity index (χ1v) is 11.4. The molecule has 5 nitrogen and oxygen atoms in total. The average molecular weight is 419 g/mol. The van der Waals surface area contributed by atoms with Crippen LogP contribution in [-0.2, 0) is 10.0 Å². The lowest BCUT2D eigenvalue weighted by Gasteiger charge is -2.29. The van der Waals surface area contributed by atoms with Crippen molar-refractivity contribution in [3.05, 3.63) is 58.9 Å². The molecule has 29 heavy (non-hydrogen) atoms. The second-order valence-electron chi connectivity index (χ2n) is 7.83. The summed E-state index contributed by atoms with van der Waals surface area (Å²) < 4.78 is 42.7. The number of hydrogen-bond acceptors (Lipinski definition) is 3. The van der Waals surface area contributed by atoms with E-state index in [4.69, 9.17) is 0 Å². The SMILES string of the molecule is Cc1cccc(NC(=O)c2cc(S(=O)(=O)N[C@@H]3CCCC[C@H]3C)ccc2F)c1C. The van der Waals surface area contributed by atoms with Crippen LogP contribution in [0.4, 0.5) is 10.1 Å². The second kappa shape index (κ2) is 8.63. The van der Waals surface area contributed by atoms with Crippen molar-refractivity contribution in [3.8, 4) is 0 Å². The predicted molar refractivity (Wildman–Crippen MR) is 112 cm³/mol. The Labute approximate surface area is 171 Å². The molecule has 2 N–H and O–H groups in total. The van der Waals surface area contributed by atoms with E-state index in [1.165, 1.54) is 6.07 Å². The van der Waals surface area contributed by atoms with Gasteiger partial charge in [-0.2, -0.15) is 0 Å². The fourth-order valence-corrected chi connectivity index (χ4v) is 5.09. The van der Waals surface area contributed by atoms with Gasteiger partial charge >= 0.3 is 0 Å². The summed E-state index contributed by atoms with van der Waals surface area (Å²) in [6.07, 6.45) is 3.82. The molecule has 1 amide bonds. The van der Waals surface area contributed by atoms with Gasteiger partial charge in [-0.1, -0.05) is 31.9 Å². The first-order valence-electron chi connectivity index (χ1n) is 9.88. The molecule has 1 aliphatic carbocycles. The number of nitrogens with one attached hydrogen (secondary N) is 2. The third-order valence-corrected chi connectivity index (χ3v) is 7.25. The smallest absolute Gasteiger partial charge is 0.258 e. The van der Waals surface area contributed by atoms with E-state index >= 15 is 0 Å². The fraction of sp³-hybridized carbons (Fsp3) is 0.409.